The minimum absolute atomic E-state index is 0.0918. The van der Waals surface area contributed by atoms with Gasteiger partial charge in [0.05, 0.1) is 11.1 Å². The maximum Gasteiger partial charge on any atom is 0.310 e. The van der Waals surface area contributed by atoms with Crippen LogP contribution in [0.5, 0.6) is 0 Å². The zero-order chi connectivity index (χ0) is 14.0. The Morgan fingerprint density at radius 3 is 2.89 bits per heavy atom. The number of benzene rings is 1. The van der Waals surface area contributed by atoms with Crippen LogP contribution in [0.25, 0.3) is 0 Å². The van der Waals surface area contributed by atoms with Crippen LogP contribution in [0.1, 0.15) is 5.56 Å². The van der Waals surface area contributed by atoms with Crippen molar-refractivity contribution in [2.45, 2.75) is 6.54 Å². The van der Waals surface area contributed by atoms with Gasteiger partial charge in [0.15, 0.2) is 0 Å². The summed E-state index contributed by atoms with van der Waals surface area (Å²) in [5, 5.41) is 18.0. The third-order valence-electron chi connectivity index (χ3n) is 2.70. The molecule has 0 amide bonds. The molecule has 2 aromatic rings. The van der Waals surface area contributed by atoms with E-state index in [9.17, 15) is 10.1 Å². The molecule has 1 aromatic carbocycles. The highest BCUT2D eigenvalue weighted by Crippen LogP contribution is 2.32. The fourth-order valence-corrected chi connectivity index (χ4v) is 1.91. The van der Waals surface area contributed by atoms with Crippen LogP contribution in [0.2, 0.25) is 5.02 Å². The van der Waals surface area contributed by atoms with Crippen molar-refractivity contribution in [1.82, 2.24) is 9.78 Å². The number of halogens is 1. The SMILES string of the molecule is Cn1ncc(CNc2cccc(Cl)c2[N+](=O)[O-])c1N. The van der Waals surface area contributed by atoms with E-state index in [1.165, 1.54) is 10.7 Å². The zero-order valence-electron chi connectivity index (χ0n) is 10.1. The molecule has 0 aliphatic carbocycles. The number of nitrogens with zero attached hydrogens (tertiary/aromatic N) is 3. The van der Waals surface area contributed by atoms with Gasteiger partial charge in [0, 0.05) is 19.2 Å². The Morgan fingerprint density at radius 1 is 1.58 bits per heavy atom. The summed E-state index contributed by atoms with van der Waals surface area (Å²) in [5.41, 5.74) is 6.76. The quantitative estimate of drug-likeness (QED) is 0.661. The summed E-state index contributed by atoms with van der Waals surface area (Å²) in [6, 6.07) is 4.71. The number of aryl methyl sites for hydroxylation is 1. The van der Waals surface area contributed by atoms with Crippen LogP contribution in [0.15, 0.2) is 24.4 Å². The van der Waals surface area contributed by atoms with Crippen molar-refractivity contribution in [3.05, 3.63) is 45.1 Å². The van der Waals surface area contributed by atoms with Crippen molar-refractivity contribution < 1.29 is 4.92 Å². The molecule has 0 fully saturated rings. The first-order valence-corrected chi connectivity index (χ1v) is 5.81. The maximum atomic E-state index is 11.0. The van der Waals surface area contributed by atoms with Gasteiger partial charge in [-0.15, -0.1) is 0 Å². The van der Waals surface area contributed by atoms with Crippen LogP contribution in [-0.4, -0.2) is 14.7 Å². The van der Waals surface area contributed by atoms with Gasteiger partial charge in [-0.1, -0.05) is 17.7 Å². The lowest BCUT2D eigenvalue weighted by Gasteiger charge is -2.07. The first-order chi connectivity index (χ1) is 9.00. The van der Waals surface area contributed by atoms with E-state index < -0.39 is 4.92 Å². The largest absolute Gasteiger partial charge is 0.384 e. The van der Waals surface area contributed by atoms with Gasteiger partial charge < -0.3 is 11.1 Å². The van der Waals surface area contributed by atoms with Crippen LogP contribution in [0, 0.1) is 10.1 Å². The monoisotopic (exact) mass is 281 g/mol. The first kappa shape index (κ1) is 13.2. The minimum Gasteiger partial charge on any atom is -0.384 e. The number of rotatable bonds is 4. The van der Waals surface area contributed by atoms with E-state index in [2.05, 4.69) is 10.4 Å². The van der Waals surface area contributed by atoms with Gasteiger partial charge >= 0.3 is 5.69 Å². The number of nitrogen functional groups attached to an aromatic ring is 1. The molecule has 0 aliphatic rings. The van der Waals surface area contributed by atoms with Crippen molar-refractivity contribution in [3.63, 3.8) is 0 Å². The molecule has 0 spiro atoms. The van der Waals surface area contributed by atoms with Crippen molar-refractivity contribution >= 4 is 28.8 Å². The number of nitro benzene ring substituents is 1. The van der Waals surface area contributed by atoms with Gasteiger partial charge in [-0.3, -0.25) is 14.8 Å². The first-order valence-electron chi connectivity index (χ1n) is 5.44. The zero-order valence-corrected chi connectivity index (χ0v) is 10.9. The van der Waals surface area contributed by atoms with Crippen molar-refractivity contribution in [3.8, 4) is 0 Å². The average molecular weight is 282 g/mol. The molecular weight excluding hydrogens is 270 g/mol. The second-order valence-electron chi connectivity index (χ2n) is 3.93. The molecule has 3 N–H and O–H groups in total. The Balaban J connectivity index is 2.23. The topological polar surface area (TPSA) is 99.0 Å². The molecule has 0 aliphatic heterocycles. The van der Waals surface area contributed by atoms with E-state index in [1.54, 1.807) is 25.4 Å². The lowest BCUT2D eigenvalue weighted by Crippen LogP contribution is -2.05. The second kappa shape index (κ2) is 5.15. The number of aromatic nitrogens is 2. The average Bonchev–Trinajstić information content (AvgIpc) is 2.67. The lowest BCUT2D eigenvalue weighted by molar-refractivity contribution is -0.383. The summed E-state index contributed by atoms with van der Waals surface area (Å²) in [4.78, 5) is 10.4. The number of hydrogen-bond donors (Lipinski definition) is 2. The smallest absolute Gasteiger partial charge is 0.310 e. The van der Waals surface area contributed by atoms with Crippen LogP contribution < -0.4 is 11.1 Å². The highest BCUT2D eigenvalue weighted by molar-refractivity contribution is 6.33. The van der Waals surface area contributed by atoms with Gasteiger partial charge in [0.1, 0.15) is 16.5 Å². The molecule has 0 radical (unpaired) electrons. The highest BCUT2D eigenvalue weighted by atomic mass is 35.5. The lowest BCUT2D eigenvalue weighted by atomic mass is 10.2. The van der Waals surface area contributed by atoms with E-state index >= 15 is 0 Å². The van der Waals surface area contributed by atoms with Crippen LogP contribution in [0.4, 0.5) is 17.2 Å². The molecule has 0 saturated carbocycles. The third kappa shape index (κ3) is 2.60. The molecule has 2 rings (SSSR count). The van der Waals surface area contributed by atoms with Crippen molar-refractivity contribution in [2.75, 3.05) is 11.1 Å². The molecule has 19 heavy (non-hydrogen) atoms. The predicted octanol–water partition coefficient (Wildman–Crippen LogP) is 2.18. The molecule has 0 unspecified atom stereocenters. The summed E-state index contributed by atoms with van der Waals surface area (Å²) < 4.78 is 1.53. The number of nitrogens with two attached hydrogens (primary N) is 1. The molecule has 1 heterocycles. The summed E-state index contributed by atoms with van der Waals surface area (Å²) in [6.45, 7) is 0.334. The number of para-hydroxylation sites is 1. The van der Waals surface area contributed by atoms with Crippen molar-refractivity contribution in [2.24, 2.45) is 7.05 Å². The maximum absolute atomic E-state index is 11.0. The van der Waals surface area contributed by atoms with Gasteiger partial charge in [-0.25, -0.2) is 0 Å². The summed E-state index contributed by atoms with van der Waals surface area (Å²) in [5.74, 6) is 0.511. The molecule has 7 nitrogen and oxygen atoms in total. The fraction of sp³-hybridized carbons (Fsp3) is 0.182. The molecule has 100 valence electrons. The Labute approximate surface area is 114 Å². The van der Waals surface area contributed by atoms with E-state index in [1.807, 2.05) is 0 Å². The minimum atomic E-state index is -0.517. The highest BCUT2D eigenvalue weighted by Gasteiger charge is 2.18. The Kier molecular flexibility index (Phi) is 3.57. The van der Waals surface area contributed by atoms with Crippen LogP contribution in [-0.2, 0) is 13.6 Å². The second-order valence-corrected chi connectivity index (χ2v) is 4.33. The molecular formula is C11H12ClN5O2. The Morgan fingerprint density at radius 2 is 2.32 bits per heavy atom. The summed E-state index contributed by atoms with van der Waals surface area (Å²) >= 11 is 5.82. The fourth-order valence-electron chi connectivity index (χ4n) is 1.66. The number of nitro groups is 1. The molecule has 0 atom stereocenters. The number of anilines is 2. The normalized spacial score (nSPS) is 10.4. The van der Waals surface area contributed by atoms with E-state index in [4.69, 9.17) is 17.3 Å². The van der Waals surface area contributed by atoms with Gasteiger partial charge in [-0.2, -0.15) is 5.10 Å². The molecule has 0 bridgehead atoms. The summed E-state index contributed by atoms with van der Waals surface area (Å²) in [7, 11) is 1.72. The number of hydrogen-bond acceptors (Lipinski definition) is 5. The van der Waals surface area contributed by atoms with E-state index in [0.717, 1.165) is 5.56 Å². The van der Waals surface area contributed by atoms with E-state index in [-0.39, 0.29) is 10.7 Å². The van der Waals surface area contributed by atoms with Gasteiger partial charge in [-0.05, 0) is 12.1 Å². The Bertz CT molecular complexity index is 626. The van der Waals surface area contributed by atoms with Crippen molar-refractivity contribution in [1.29, 1.82) is 0 Å². The van der Waals surface area contributed by atoms with Gasteiger partial charge in [0.25, 0.3) is 0 Å². The Hall–Kier alpha value is -2.28. The van der Waals surface area contributed by atoms with E-state index in [0.29, 0.717) is 18.1 Å². The van der Waals surface area contributed by atoms with Crippen LogP contribution in [0.3, 0.4) is 0 Å². The van der Waals surface area contributed by atoms with Gasteiger partial charge in [0.2, 0.25) is 0 Å². The standard InChI is InChI=1S/C11H12ClN5O2/c1-16-11(13)7(6-15-16)5-14-9-4-2-3-8(12)10(9)17(18)19/h2-4,6,14H,5,13H2,1H3. The molecule has 8 heteroatoms. The molecule has 1 aromatic heterocycles. The van der Waals surface area contributed by atoms with Crippen LogP contribution >= 0.6 is 11.6 Å². The molecule has 0 saturated heterocycles. The number of nitrogens with one attached hydrogen (secondary N) is 1. The third-order valence-corrected chi connectivity index (χ3v) is 3.01. The predicted molar refractivity (Wildman–Crippen MR) is 73.1 cm³/mol. The summed E-state index contributed by atoms with van der Waals surface area (Å²) in [6.07, 6.45) is 1.61.